The van der Waals surface area contributed by atoms with Gasteiger partial charge in [-0.15, -0.1) is 0 Å². The van der Waals surface area contributed by atoms with Crippen LogP contribution in [0.15, 0.2) is 24.5 Å². The maximum absolute atomic E-state index is 12.8. The average molecular weight is 439 g/mol. The summed E-state index contributed by atoms with van der Waals surface area (Å²) in [4.78, 5) is 16.6. The Labute approximate surface area is 175 Å². The lowest BCUT2D eigenvalue weighted by atomic mass is 10.1. The number of hydrogen-bond acceptors (Lipinski definition) is 5. The Hall–Kier alpha value is -3.02. The van der Waals surface area contributed by atoms with Crippen LogP contribution in [0, 0.1) is 4.77 Å². The third-order valence-electron chi connectivity index (χ3n) is 4.45. The Bertz CT molecular complexity index is 1100. The second-order valence-corrected chi connectivity index (χ2v) is 7.17. The number of carbonyl (C=O) groups is 1. The molecule has 0 spiro atoms. The number of alkyl halides is 3. The van der Waals surface area contributed by atoms with E-state index in [4.69, 9.17) is 12.2 Å². The number of H-pyrrole nitrogens is 1. The highest BCUT2D eigenvalue weighted by Crippen LogP contribution is 2.29. The molecule has 0 unspecified atom stereocenters. The van der Waals surface area contributed by atoms with Crippen molar-refractivity contribution in [3.63, 3.8) is 0 Å². The van der Waals surface area contributed by atoms with Gasteiger partial charge in [0.2, 0.25) is 0 Å². The number of hydrogen-bond donors (Lipinski definition) is 2. The van der Waals surface area contributed by atoms with Crippen molar-refractivity contribution in [3.05, 3.63) is 51.9 Å². The Kier molecular flexibility index (Phi) is 6.06. The second kappa shape index (κ2) is 8.38. The van der Waals surface area contributed by atoms with Crippen molar-refractivity contribution in [2.45, 2.75) is 46.0 Å². The van der Waals surface area contributed by atoms with Crippen LogP contribution in [0.4, 0.5) is 13.2 Å². The zero-order valence-corrected chi connectivity index (χ0v) is 17.3. The third-order valence-corrected chi connectivity index (χ3v) is 4.76. The van der Waals surface area contributed by atoms with Crippen molar-refractivity contribution < 1.29 is 18.0 Å². The summed E-state index contributed by atoms with van der Waals surface area (Å²) in [6, 6.07) is 2.16. The van der Waals surface area contributed by atoms with E-state index in [1.807, 2.05) is 20.8 Å². The molecule has 0 radical (unpaired) electrons. The predicted molar refractivity (Wildman–Crippen MR) is 105 cm³/mol. The van der Waals surface area contributed by atoms with Crippen molar-refractivity contribution in [1.29, 1.82) is 0 Å². The summed E-state index contributed by atoms with van der Waals surface area (Å²) in [5, 5.41) is 13.7. The first-order chi connectivity index (χ1) is 14.1. The van der Waals surface area contributed by atoms with Gasteiger partial charge in [-0.3, -0.25) is 9.89 Å². The molecule has 0 fully saturated rings. The molecule has 0 saturated heterocycles. The number of aromatic nitrogens is 6. The van der Waals surface area contributed by atoms with Crippen molar-refractivity contribution >= 4 is 18.1 Å². The van der Waals surface area contributed by atoms with Crippen molar-refractivity contribution in [2.75, 3.05) is 0 Å². The van der Waals surface area contributed by atoms with Gasteiger partial charge in [-0.25, -0.2) is 9.67 Å². The van der Waals surface area contributed by atoms with Crippen LogP contribution in [0.25, 0.3) is 5.82 Å². The quantitative estimate of drug-likeness (QED) is 0.573. The molecule has 30 heavy (non-hydrogen) atoms. The summed E-state index contributed by atoms with van der Waals surface area (Å²) in [7, 11) is 0. The van der Waals surface area contributed by atoms with E-state index in [2.05, 4.69) is 25.6 Å². The third kappa shape index (κ3) is 4.27. The number of halogens is 3. The van der Waals surface area contributed by atoms with Crippen LogP contribution >= 0.6 is 12.2 Å². The molecule has 1 amide bonds. The summed E-state index contributed by atoms with van der Waals surface area (Å²) in [5.74, 6) is 0.257. The summed E-state index contributed by atoms with van der Waals surface area (Å²) < 4.78 is 42.0. The predicted octanol–water partition coefficient (Wildman–Crippen LogP) is 3.61. The van der Waals surface area contributed by atoms with Gasteiger partial charge in [-0.2, -0.15) is 23.4 Å². The van der Waals surface area contributed by atoms with Crippen molar-refractivity contribution in [1.82, 2.24) is 34.8 Å². The minimum Gasteiger partial charge on any atom is -0.345 e. The number of pyridine rings is 1. The lowest BCUT2D eigenvalue weighted by Gasteiger charge is -2.13. The van der Waals surface area contributed by atoms with Crippen LogP contribution in [0.1, 0.15) is 54.1 Å². The van der Waals surface area contributed by atoms with Crippen LogP contribution in [-0.4, -0.2) is 35.4 Å². The van der Waals surface area contributed by atoms with Gasteiger partial charge in [-0.05, 0) is 37.2 Å². The van der Waals surface area contributed by atoms with Gasteiger partial charge in [0, 0.05) is 12.7 Å². The molecule has 8 nitrogen and oxygen atoms in total. The highest BCUT2D eigenvalue weighted by atomic mass is 32.1. The molecule has 3 heterocycles. The number of rotatable bonds is 6. The molecule has 0 atom stereocenters. The van der Waals surface area contributed by atoms with E-state index in [-0.39, 0.29) is 24.2 Å². The molecular formula is C18H20F3N7OS. The molecule has 0 aliphatic rings. The van der Waals surface area contributed by atoms with Crippen LogP contribution in [0.5, 0.6) is 0 Å². The topological polar surface area (TPSA) is 93.4 Å². The Balaban J connectivity index is 1.87. The fraction of sp³-hybridized carbons (Fsp3) is 0.389. The highest BCUT2D eigenvalue weighted by molar-refractivity contribution is 7.71. The van der Waals surface area contributed by atoms with Gasteiger partial charge in [0.1, 0.15) is 0 Å². The standard InChI is InChI=1S/C18H20F3N7OS/c1-4-27-14(25-26-17(27)30)9-23-16(29)12-8-24-28(15(12)10(2)3)13-6-5-11(7-22-13)18(19,20)21/h5-8,10H,4,9H2,1-3H3,(H,23,29)(H,26,30). The zero-order chi connectivity index (χ0) is 22.1. The Morgan fingerprint density at radius 3 is 2.60 bits per heavy atom. The zero-order valence-electron chi connectivity index (χ0n) is 16.5. The van der Waals surface area contributed by atoms with E-state index >= 15 is 0 Å². The molecule has 3 rings (SSSR count). The number of carbonyl (C=O) groups excluding carboxylic acids is 1. The van der Waals surface area contributed by atoms with E-state index in [1.165, 1.54) is 16.9 Å². The molecular weight excluding hydrogens is 419 g/mol. The van der Waals surface area contributed by atoms with E-state index in [1.54, 1.807) is 4.57 Å². The molecule has 12 heteroatoms. The molecule has 3 aromatic rings. The van der Waals surface area contributed by atoms with Gasteiger partial charge in [-0.1, -0.05) is 13.8 Å². The summed E-state index contributed by atoms with van der Waals surface area (Å²) in [6.45, 7) is 6.39. The van der Waals surface area contributed by atoms with Crippen LogP contribution in [-0.2, 0) is 19.3 Å². The Morgan fingerprint density at radius 2 is 2.03 bits per heavy atom. The SMILES string of the molecule is CCn1c(CNC(=O)c2cnn(-c3ccc(C(F)(F)F)cn3)c2C(C)C)n[nH]c1=S. The van der Waals surface area contributed by atoms with Crippen LogP contribution in [0.2, 0.25) is 0 Å². The first kappa shape index (κ1) is 21.7. The highest BCUT2D eigenvalue weighted by Gasteiger charge is 2.31. The number of amides is 1. The normalized spacial score (nSPS) is 11.8. The van der Waals surface area contributed by atoms with Gasteiger partial charge in [0.25, 0.3) is 5.91 Å². The number of nitrogens with one attached hydrogen (secondary N) is 2. The minimum absolute atomic E-state index is 0.137. The largest absolute Gasteiger partial charge is 0.417 e. The maximum Gasteiger partial charge on any atom is 0.417 e. The molecule has 2 N–H and O–H groups in total. The number of nitrogens with zero attached hydrogens (tertiary/aromatic N) is 5. The molecule has 0 saturated carbocycles. The second-order valence-electron chi connectivity index (χ2n) is 6.78. The average Bonchev–Trinajstić information content (AvgIpc) is 3.29. The van der Waals surface area contributed by atoms with Gasteiger partial charge in [0.15, 0.2) is 16.4 Å². The van der Waals surface area contributed by atoms with Gasteiger partial charge in [0.05, 0.1) is 29.6 Å². The lowest BCUT2D eigenvalue weighted by Crippen LogP contribution is -2.26. The fourth-order valence-corrected chi connectivity index (χ4v) is 3.30. The lowest BCUT2D eigenvalue weighted by molar-refractivity contribution is -0.137. The van der Waals surface area contributed by atoms with Crippen LogP contribution in [0.3, 0.4) is 0 Å². The monoisotopic (exact) mass is 439 g/mol. The van der Waals surface area contributed by atoms with E-state index < -0.39 is 11.7 Å². The first-order valence-corrected chi connectivity index (χ1v) is 9.58. The molecule has 0 aliphatic heterocycles. The molecule has 0 aromatic carbocycles. The minimum atomic E-state index is -4.48. The molecule has 0 aliphatic carbocycles. The van der Waals surface area contributed by atoms with Crippen molar-refractivity contribution in [2.24, 2.45) is 0 Å². The van der Waals surface area contributed by atoms with E-state index in [0.717, 1.165) is 12.3 Å². The molecule has 160 valence electrons. The first-order valence-electron chi connectivity index (χ1n) is 9.17. The van der Waals surface area contributed by atoms with E-state index in [0.29, 0.717) is 28.4 Å². The fourth-order valence-electron chi connectivity index (χ4n) is 3.02. The van der Waals surface area contributed by atoms with E-state index in [9.17, 15) is 18.0 Å². The van der Waals surface area contributed by atoms with Gasteiger partial charge >= 0.3 is 6.18 Å². The summed E-state index contributed by atoms with van der Waals surface area (Å²) in [6.07, 6.45) is -2.36. The van der Waals surface area contributed by atoms with Gasteiger partial charge < -0.3 is 9.88 Å². The van der Waals surface area contributed by atoms with Crippen molar-refractivity contribution in [3.8, 4) is 5.82 Å². The summed E-state index contributed by atoms with van der Waals surface area (Å²) in [5.41, 5.74) is -0.00944. The van der Waals surface area contributed by atoms with Crippen LogP contribution < -0.4 is 5.32 Å². The number of aromatic amines is 1. The molecule has 0 bridgehead atoms. The summed E-state index contributed by atoms with van der Waals surface area (Å²) >= 11 is 5.13. The smallest absolute Gasteiger partial charge is 0.345 e. The Morgan fingerprint density at radius 1 is 1.30 bits per heavy atom. The molecule has 3 aromatic heterocycles. The maximum atomic E-state index is 12.8.